The highest BCUT2D eigenvalue weighted by Crippen LogP contribution is 2.22. The lowest BCUT2D eigenvalue weighted by Crippen LogP contribution is -2.15. The first-order chi connectivity index (χ1) is 9.24. The normalized spacial score (nSPS) is 12.7. The third-order valence-electron chi connectivity index (χ3n) is 3.27. The van der Waals surface area contributed by atoms with Gasteiger partial charge < -0.3 is 5.73 Å². The summed E-state index contributed by atoms with van der Waals surface area (Å²) in [7, 11) is 1.91. The number of hydrogen-bond acceptors (Lipinski definition) is 3. The minimum absolute atomic E-state index is 0.115. The number of aryl methyl sites for hydroxylation is 1. The smallest absolute Gasteiger partial charge is 0.0652 e. The van der Waals surface area contributed by atoms with Gasteiger partial charge in [0.15, 0.2) is 0 Å². The topological polar surface area (TPSA) is 56.7 Å². The fraction of sp³-hybridized carbons (Fsp3) is 0.200. The molecule has 4 nitrogen and oxygen atoms in total. The fourth-order valence-corrected chi connectivity index (χ4v) is 2.37. The van der Waals surface area contributed by atoms with E-state index in [0.29, 0.717) is 0 Å². The minimum Gasteiger partial charge on any atom is -0.322 e. The van der Waals surface area contributed by atoms with Gasteiger partial charge in [-0.25, -0.2) is 0 Å². The zero-order valence-electron chi connectivity index (χ0n) is 10.8. The van der Waals surface area contributed by atoms with Gasteiger partial charge in [0.05, 0.1) is 17.9 Å². The average molecular weight is 252 g/mol. The van der Waals surface area contributed by atoms with Crippen LogP contribution in [0.3, 0.4) is 0 Å². The van der Waals surface area contributed by atoms with Crippen molar-refractivity contribution < 1.29 is 0 Å². The minimum atomic E-state index is -0.115. The van der Waals surface area contributed by atoms with E-state index >= 15 is 0 Å². The van der Waals surface area contributed by atoms with Crippen LogP contribution in [0, 0.1) is 0 Å². The molecule has 1 aromatic carbocycles. The lowest BCUT2D eigenvalue weighted by molar-refractivity contribution is 0.702. The molecule has 96 valence electrons. The molecule has 19 heavy (non-hydrogen) atoms. The summed E-state index contributed by atoms with van der Waals surface area (Å²) in [6.07, 6.45) is 6.41. The van der Waals surface area contributed by atoms with Crippen LogP contribution in [-0.4, -0.2) is 14.8 Å². The molecule has 0 aliphatic heterocycles. The Balaban J connectivity index is 1.95. The average Bonchev–Trinajstić information content (AvgIpc) is 2.83. The quantitative estimate of drug-likeness (QED) is 0.777. The number of fused-ring (bicyclic) bond motifs is 1. The number of nitrogens with zero attached hydrogens (tertiary/aromatic N) is 3. The summed E-state index contributed by atoms with van der Waals surface area (Å²) in [5.41, 5.74) is 8.38. The molecule has 0 aliphatic carbocycles. The van der Waals surface area contributed by atoms with Crippen molar-refractivity contribution in [3.63, 3.8) is 0 Å². The van der Waals surface area contributed by atoms with Gasteiger partial charge in [-0.3, -0.25) is 9.67 Å². The summed E-state index contributed by atoms with van der Waals surface area (Å²) in [5, 5.41) is 6.47. The molecule has 2 N–H and O–H groups in total. The van der Waals surface area contributed by atoms with E-state index in [9.17, 15) is 0 Å². The molecule has 0 aliphatic rings. The second-order valence-corrected chi connectivity index (χ2v) is 4.75. The first kappa shape index (κ1) is 11.9. The maximum absolute atomic E-state index is 6.30. The van der Waals surface area contributed by atoms with Crippen molar-refractivity contribution in [2.24, 2.45) is 12.8 Å². The first-order valence-electron chi connectivity index (χ1n) is 6.31. The number of nitrogens with two attached hydrogens (primary N) is 1. The van der Waals surface area contributed by atoms with Crippen molar-refractivity contribution in [3.05, 3.63) is 60.2 Å². The van der Waals surface area contributed by atoms with Crippen LogP contribution >= 0.6 is 0 Å². The second kappa shape index (κ2) is 4.82. The standard InChI is InChI=1S/C15H16N4/c1-19-10-11(9-18-19)8-14(16)15-13-5-3-2-4-12(13)6-7-17-15/h2-7,9-10,14H,8,16H2,1H3. The van der Waals surface area contributed by atoms with Gasteiger partial charge in [0.2, 0.25) is 0 Å². The van der Waals surface area contributed by atoms with Gasteiger partial charge >= 0.3 is 0 Å². The number of pyridine rings is 1. The zero-order chi connectivity index (χ0) is 13.2. The molecule has 0 saturated heterocycles. The van der Waals surface area contributed by atoms with E-state index in [1.807, 2.05) is 43.8 Å². The third kappa shape index (κ3) is 2.35. The number of hydrogen-bond donors (Lipinski definition) is 1. The van der Waals surface area contributed by atoms with E-state index in [4.69, 9.17) is 5.73 Å². The highest BCUT2D eigenvalue weighted by molar-refractivity contribution is 5.84. The Morgan fingerprint density at radius 2 is 2.11 bits per heavy atom. The Hall–Kier alpha value is -2.20. The van der Waals surface area contributed by atoms with E-state index < -0.39 is 0 Å². The molecule has 0 saturated carbocycles. The molecule has 3 aromatic rings. The van der Waals surface area contributed by atoms with Crippen molar-refractivity contribution in [2.75, 3.05) is 0 Å². The van der Waals surface area contributed by atoms with Gasteiger partial charge in [0.25, 0.3) is 0 Å². The Morgan fingerprint density at radius 1 is 1.26 bits per heavy atom. The van der Waals surface area contributed by atoms with Crippen LogP contribution in [0.2, 0.25) is 0 Å². The van der Waals surface area contributed by atoms with Crippen LogP contribution in [-0.2, 0) is 13.5 Å². The molecule has 0 spiro atoms. The molecule has 1 atom stereocenters. The Morgan fingerprint density at radius 3 is 2.89 bits per heavy atom. The van der Waals surface area contributed by atoms with Crippen LogP contribution in [0.25, 0.3) is 10.8 Å². The molecule has 4 heteroatoms. The summed E-state index contributed by atoms with van der Waals surface area (Å²) < 4.78 is 1.79. The Kier molecular flexibility index (Phi) is 3.01. The molecule has 0 bridgehead atoms. The van der Waals surface area contributed by atoms with E-state index in [-0.39, 0.29) is 6.04 Å². The van der Waals surface area contributed by atoms with Crippen LogP contribution in [0.1, 0.15) is 17.3 Å². The molecule has 0 radical (unpaired) electrons. The fourth-order valence-electron chi connectivity index (χ4n) is 2.37. The van der Waals surface area contributed by atoms with Crippen molar-refractivity contribution in [3.8, 4) is 0 Å². The second-order valence-electron chi connectivity index (χ2n) is 4.75. The molecule has 1 unspecified atom stereocenters. The largest absolute Gasteiger partial charge is 0.322 e. The molecular weight excluding hydrogens is 236 g/mol. The molecule has 0 fully saturated rings. The molecular formula is C15H16N4. The van der Waals surface area contributed by atoms with E-state index in [2.05, 4.69) is 22.2 Å². The molecule has 2 aromatic heterocycles. The molecule has 0 amide bonds. The first-order valence-corrected chi connectivity index (χ1v) is 6.31. The van der Waals surface area contributed by atoms with E-state index in [1.54, 1.807) is 4.68 Å². The maximum atomic E-state index is 6.30. The van der Waals surface area contributed by atoms with Gasteiger partial charge in [-0.05, 0) is 23.4 Å². The predicted molar refractivity (Wildman–Crippen MR) is 75.6 cm³/mol. The van der Waals surface area contributed by atoms with Crippen LogP contribution < -0.4 is 5.73 Å². The number of aromatic nitrogens is 3. The molecule has 2 heterocycles. The van der Waals surface area contributed by atoms with Crippen molar-refractivity contribution in [1.82, 2.24) is 14.8 Å². The van der Waals surface area contributed by atoms with Crippen LogP contribution in [0.5, 0.6) is 0 Å². The highest BCUT2D eigenvalue weighted by Gasteiger charge is 2.12. The lowest BCUT2D eigenvalue weighted by Gasteiger charge is -2.12. The summed E-state index contributed by atoms with van der Waals surface area (Å²) in [6, 6.07) is 10.1. The summed E-state index contributed by atoms with van der Waals surface area (Å²) in [5.74, 6) is 0. The summed E-state index contributed by atoms with van der Waals surface area (Å²) >= 11 is 0. The lowest BCUT2D eigenvalue weighted by atomic mass is 10.0. The summed E-state index contributed by atoms with van der Waals surface area (Å²) in [6.45, 7) is 0. The number of benzene rings is 1. The monoisotopic (exact) mass is 252 g/mol. The number of rotatable bonds is 3. The van der Waals surface area contributed by atoms with Gasteiger partial charge in [-0.1, -0.05) is 24.3 Å². The Bertz CT molecular complexity index is 697. The third-order valence-corrected chi connectivity index (χ3v) is 3.27. The van der Waals surface area contributed by atoms with Gasteiger partial charge in [-0.2, -0.15) is 5.10 Å². The zero-order valence-corrected chi connectivity index (χ0v) is 10.8. The molecule has 3 rings (SSSR count). The van der Waals surface area contributed by atoms with Crippen LogP contribution in [0.15, 0.2) is 48.9 Å². The van der Waals surface area contributed by atoms with Crippen LogP contribution in [0.4, 0.5) is 0 Å². The SMILES string of the molecule is Cn1cc(CC(N)c2nccc3ccccc23)cn1. The maximum Gasteiger partial charge on any atom is 0.0652 e. The predicted octanol–water partition coefficient (Wildman–Crippen LogP) is 2.21. The highest BCUT2D eigenvalue weighted by atomic mass is 15.2. The van der Waals surface area contributed by atoms with Crippen molar-refractivity contribution in [2.45, 2.75) is 12.5 Å². The van der Waals surface area contributed by atoms with Gasteiger partial charge in [-0.15, -0.1) is 0 Å². The van der Waals surface area contributed by atoms with Gasteiger partial charge in [0.1, 0.15) is 0 Å². The van der Waals surface area contributed by atoms with E-state index in [1.165, 1.54) is 5.39 Å². The summed E-state index contributed by atoms with van der Waals surface area (Å²) in [4.78, 5) is 4.46. The Labute approximate surface area is 111 Å². The van der Waals surface area contributed by atoms with Crippen molar-refractivity contribution in [1.29, 1.82) is 0 Å². The van der Waals surface area contributed by atoms with Crippen molar-refractivity contribution >= 4 is 10.8 Å². The van der Waals surface area contributed by atoms with E-state index in [0.717, 1.165) is 23.1 Å². The van der Waals surface area contributed by atoms with Gasteiger partial charge in [0, 0.05) is 24.8 Å².